The fourth-order valence-corrected chi connectivity index (χ4v) is 2.95. The average Bonchev–Trinajstić information content (AvgIpc) is 3.24. The van der Waals surface area contributed by atoms with Crippen molar-refractivity contribution in [1.29, 1.82) is 0 Å². The number of nitrogens with zero attached hydrogens (tertiary/aromatic N) is 5. The highest BCUT2D eigenvalue weighted by Crippen LogP contribution is 2.25. The summed E-state index contributed by atoms with van der Waals surface area (Å²) in [5.74, 6) is 0.780. The Kier molecular flexibility index (Phi) is 4.16. The lowest BCUT2D eigenvalue weighted by molar-refractivity contribution is 0.0492. The first kappa shape index (κ1) is 16.3. The molecule has 0 radical (unpaired) electrons. The van der Waals surface area contributed by atoms with Gasteiger partial charge in [0, 0.05) is 24.3 Å². The van der Waals surface area contributed by atoms with Crippen LogP contribution >= 0.6 is 0 Å². The predicted molar refractivity (Wildman–Crippen MR) is 94.9 cm³/mol. The number of benzene rings is 1. The number of aryl methyl sites for hydroxylation is 1. The maximum absolute atomic E-state index is 12.3. The highest BCUT2D eigenvalue weighted by molar-refractivity contribution is 5.93. The largest absolute Gasteiger partial charge is 0.494 e. The molecule has 1 aromatic carbocycles. The van der Waals surface area contributed by atoms with Gasteiger partial charge in [-0.1, -0.05) is 5.21 Å². The minimum atomic E-state index is -0.0579. The van der Waals surface area contributed by atoms with Crippen LogP contribution in [0.15, 0.2) is 36.5 Å². The number of nitrogens with one attached hydrogen (secondary N) is 1. The maximum Gasteiger partial charge on any atom is 0.274 e. The minimum Gasteiger partial charge on any atom is -0.494 e. The third-order valence-electron chi connectivity index (χ3n) is 4.42. The number of aromatic nitrogens is 5. The van der Waals surface area contributed by atoms with E-state index >= 15 is 0 Å². The highest BCUT2D eigenvalue weighted by Gasteiger charge is 2.34. The van der Waals surface area contributed by atoms with Crippen molar-refractivity contribution in [1.82, 2.24) is 30.1 Å². The van der Waals surface area contributed by atoms with Crippen LogP contribution in [0.25, 0.3) is 11.3 Å². The van der Waals surface area contributed by atoms with E-state index in [1.165, 1.54) is 0 Å². The fraction of sp³-hybridized carbons (Fsp3) is 0.333. The van der Waals surface area contributed by atoms with Gasteiger partial charge in [0.15, 0.2) is 0 Å². The van der Waals surface area contributed by atoms with Crippen LogP contribution in [0.2, 0.25) is 0 Å². The smallest absolute Gasteiger partial charge is 0.274 e. The van der Waals surface area contributed by atoms with Crippen LogP contribution in [0.5, 0.6) is 5.75 Å². The topological polar surface area (TPSA) is 88.9 Å². The first-order valence-corrected chi connectivity index (χ1v) is 8.60. The van der Waals surface area contributed by atoms with E-state index in [0.29, 0.717) is 25.4 Å². The van der Waals surface area contributed by atoms with Gasteiger partial charge >= 0.3 is 0 Å². The Labute approximate surface area is 150 Å². The number of likely N-dealkylation sites (tertiary alicyclic amines) is 1. The fourth-order valence-electron chi connectivity index (χ4n) is 2.95. The lowest BCUT2D eigenvalue weighted by Crippen LogP contribution is -2.51. The summed E-state index contributed by atoms with van der Waals surface area (Å²) >= 11 is 0. The molecule has 8 nitrogen and oxygen atoms in total. The molecule has 1 fully saturated rings. The zero-order chi connectivity index (χ0) is 18.1. The van der Waals surface area contributed by atoms with Crippen molar-refractivity contribution >= 4 is 5.91 Å². The van der Waals surface area contributed by atoms with Gasteiger partial charge in [0.05, 0.1) is 18.8 Å². The Morgan fingerprint density at radius 1 is 1.31 bits per heavy atom. The number of amides is 1. The van der Waals surface area contributed by atoms with Crippen LogP contribution < -0.4 is 4.74 Å². The Balaban J connectivity index is 1.39. The Morgan fingerprint density at radius 2 is 2.08 bits per heavy atom. The van der Waals surface area contributed by atoms with E-state index in [1.54, 1.807) is 11.0 Å². The second kappa shape index (κ2) is 6.62. The quantitative estimate of drug-likeness (QED) is 0.759. The molecule has 4 rings (SSSR count). The van der Waals surface area contributed by atoms with Crippen molar-refractivity contribution in [3.05, 3.63) is 47.9 Å². The molecule has 0 aliphatic carbocycles. The zero-order valence-corrected chi connectivity index (χ0v) is 14.7. The van der Waals surface area contributed by atoms with E-state index in [-0.39, 0.29) is 11.9 Å². The van der Waals surface area contributed by atoms with Gasteiger partial charge in [0.2, 0.25) is 0 Å². The molecule has 2 aromatic heterocycles. The maximum atomic E-state index is 12.3. The van der Waals surface area contributed by atoms with Gasteiger partial charge < -0.3 is 9.64 Å². The second-order valence-electron chi connectivity index (χ2n) is 6.34. The molecule has 1 aliphatic heterocycles. The minimum absolute atomic E-state index is 0.0579. The molecule has 1 N–H and O–H groups in total. The van der Waals surface area contributed by atoms with Crippen LogP contribution in [0, 0.1) is 6.92 Å². The first-order valence-electron chi connectivity index (χ1n) is 8.60. The normalized spacial score (nSPS) is 14.3. The third-order valence-corrected chi connectivity index (χ3v) is 4.42. The van der Waals surface area contributed by atoms with Crippen LogP contribution in [0.1, 0.15) is 29.1 Å². The number of rotatable bonds is 5. The van der Waals surface area contributed by atoms with Gasteiger partial charge in [0.1, 0.15) is 17.1 Å². The number of carbonyl (C=O) groups excluding carboxylic acids is 1. The molecule has 0 atom stereocenters. The Bertz CT molecular complexity index is 908. The molecule has 1 saturated heterocycles. The summed E-state index contributed by atoms with van der Waals surface area (Å²) in [4.78, 5) is 14.1. The van der Waals surface area contributed by atoms with Gasteiger partial charge in [-0.25, -0.2) is 4.68 Å². The summed E-state index contributed by atoms with van der Waals surface area (Å²) in [6, 6.07) is 9.69. The molecule has 0 bridgehead atoms. The molecule has 1 amide bonds. The van der Waals surface area contributed by atoms with E-state index in [1.807, 2.05) is 49.0 Å². The first-order chi connectivity index (χ1) is 12.6. The van der Waals surface area contributed by atoms with E-state index in [9.17, 15) is 4.79 Å². The molecule has 8 heteroatoms. The van der Waals surface area contributed by atoms with Gasteiger partial charge in [-0.3, -0.25) is 9.89 Å². The number of hydrogen-bond acceptors (Lipinski definition) is 5. The highest BCUT2D eigenvalue weighted by atomic mass is 16.5. The van der Waals surface area contributed by atoms with E-state index in [4.69, 9.17) is 4.74 Å². The van der Waals surface area contributed by atoms with Crippen molar-refractivity contribution in [2.75, 3.05) is 19.7 Å². The van der Waals surface area contributed by atoms with Crippen LogP contribution in [-0.4, -0.2) is 55.7 Å². The molecular weight excluding hydrogens is 332 g/mol. The van der Waals surface area contributed by atoms with Gasteiger partial charge in [-0.15, -0.1) is 5.10 Å². The number of carbonyl (C=O) groups is 1. The standard InChI is InChI=1S/C18H20N6O2/c1-3-26-15-6-4-13(5-7-15)17-11-24(22-21-17)14-9-23(10-14)18(25)16-8-12(2)19-20-16/h4-8,11,14H,3,9-10H2,1-2H3,(H,19,20). The number of aromatic amines is 1. The van der Waals surface area contributed by atoms with Gasteiger partial charge in [-0.05, 0) is 44.2 Å². The molecule has 134 valence electrons. The SMILES string of the molecule is CCOc1ccc(-c2cn(C3CN(C(=O)c4cc(C)[nH]n4)C3)nn2)cc1. The van der Waals surface area contributed by atoms with Crippen molar-refractivity contribution in [2.45, 2.75) is 19.9 Å². The number of H-pyrrole nitrogens is 1. The second-order valence-corrected chi connectivity index (χ2v) is 6.34. The number of hydrogen-bond donors (Lipinski definition) is 1. The molecule has 26 heavy (non-hydrogen) atoms. The van der Waals surface area contributed by atoms with Crippen molar-refractivity contribution in [3.8, 4) is 17.0 Å². The van der Waals surface area contributed by atoms with Crippen LogP contribution in [0.4, 0.5) is 0 Å². The molecule has 0 unspecified atom stereocenters. The van der Waals surface area contributed by atoms with Gasteiger partial charge in [-0.2, -0.15) is 5.10 Å². The van der Waals surface area contributed by atoms with Crippen molar-refractivity contribution in [3.63, 3.8) is 0 Å². The van der Waals surface area contributed by atoms with Crippen LogP contribution in [0.3, 0.4) is 0 Å². The summed E-state index contributed by atoms with van der Waals surface area (Å²) in [7, 11) is 0. The molecule has 0 spiro atoms. The summed E-state index contributed by atoms with van der Waals surface area (Å²) in [6.45, 7) is 5.69. The summed E-state index contributed by atoms with van der Waals surface area (Å²) in [6.07, 6.45) is 1.92. The van der Waals surface area contributed by atoms with Crippen molar-refractivity contribution in [2.24, 2.45) is 0 Å². The predicted octanol–water partition coefficient (Wildman–Crippen LogP) is 2.07. The average molecular weight is 352 g/mol. The number of ether oxygens (including phenoxy) is 1. The lowest BCUT2D eigenvalue weighted by atomic mass is 10.1. The molecule has 3 heterocycles. The van der Waals surface area contributed by atoms with Gasteiger partial charge in [0.25, 0.3) is 5.91 Å². The lowest BCUT2D eigenvalue weighted by Gasteiger charge is -2.38. The Morgan fingerprint density at radius 3 is 2.73 bits per heavy atom. The zero-order valence-electron chi connectivity index (χ0n) is 14.7. The summed E-state index contributed by atoms with van der Waals surface area (Å²) in [5.41, 5.74) is 3.12. The molecular formula is C18H20N6O2. The summed E-state index contributed by atoms with van der Waals surface area (Å²) < 4.78 is 7.28. The monoisotopic (exact) mass is 352 g/mol. The van der Waals surface area contributed by atoms with E-state index < -0.39 is 0 Å². The van der Waals surface area contributed by atoms with E-state index in [2.05, 4.69) is 20.5 Å². The van der Waals surface area contributed by atoms with Crippen LogP contribution in [-0.2, 0) is 0 Å². The molecule has 3 aromatic rings. The van der Waals surface area contributed by atoms with Crippen molar-refractivity contribution < 1.29 is 9.53 Å². The third kappa shape index (κ3) is 3.05. The molecule has 0 saturated carbocycles. The Hall–Kier alpha value is -3.16. The molecule has 1 aliphatic rings. The summed E-state index contributed by atoms with van der Waals surface area (Å²) in [5, 5.41) is 15.3. The van der Waals surface area contributed by atoms with E-state index in [0.717, 1.165) is 22.7 Å².